The first-order valence-electron chi connectivity index (χ1n) is 18.5. The summed E-state index contributed by atoms with van der Waals surface area (Å²) in [5.74, 6) is 0. The summed E-state index contributed by atoms with van der Waals surface area (Å²) < 4.78 is 9.37. The Balaban J connectivity index is 1.20. The van der Waals surface area contributed by atoms with E-state index < -0.39 is 0 Å². The van der Waals surface area contributed by atoms with Crippen LogP contribution >= 0.6 is 11.3 Å². The number of hydrogen-bond acceptors (Lipinski definition) is 2. The standard InChI is InChI=1S/C52H30OS/c1-2-14-33-28-34(25-24-31(33)12-1)48-38-16-5-7-18-40(38)49(41-19-8-6-17-39(41)48)44-29-35(30-47-51(44)42-20-9-10-23-46(42)54-47)37-21-11-22-43-50-36-15-4-3-13-32(36)26-27-45(50)53-52(37)43/h1-30H. The van der Waals surface area contributed by atoms with Crippen molar-refractivity contribution in [2.45, 2.75) is 0 Å². The Kier molecular flexibility index (Phi) is 6.28. The maximum atomic E-state index is 6.80. The Bertz CT molecular complexity index is 3450. The number of benzene rings is 10. The molecule has 54 heavy (non-hydrogen) atoms. The Hall–Kier alpha value is -6.74. The minimum absolute atomic E-state index is 0.917. The lowest BCUT2D eigenvalue weighted by Gasteiger charge is -2.19. The molecule has 0 aliphatic carbocycles. The highest BCUT2D eigenvalue weighted by atomic mass is 32.1. The van der Waals surface area contributed by atoms with Crippen LogP contribution < -0.4 is 0 Å². The van der Waals surface area contributed by atoms with E-state index in [9.17, 15) is 0 Å². The van der Waals surface area contributed by atoms with Crippen LogP contribution in [0.15, 0.2) is 186 Å². The normalized spacial score (nSPS) is 12.1. The van der Waals surface area contributed by atoms with E-state index in [0.717, 1.165) is 27.7 Å². The van der Waals surface area contributed by atoms with Crippen LogP contribution in [0.3, 0.4) is 0 Å². The molecule has 0 N–H and O–H groups in total. The van der Waals surface area contributed by atoms with Crippen LogP contribution in [0.5, 0.6) is 0 Å². The van der Waals surface area contributed by atoms with Gasteiger partial charge in [0.1, 0.15) is 11.2 Å². The third-order valence-corrected chi connectivity index (χ3v) is 12.5. The summed E-state index contributed by atoms with van der Waals surface area (Å²) in [4.78, 5) is 0. The zero-order valence-corrected chi connectivity index (χ0v) is 30.0. The van der Waals surface area contributed by atoms with Crippen molar-refractivity contribution in [2.75, 3.05) is 0 Å². The molecule has 0 unspecified atom stereocenters. The van der Waals surface area contributed by atoms with Gasteiger partial charge >= 0.3 is 0 Å². The van der Waals surface area contributed by atoms with Gasteiger partial charge in [0.15, 0.2) is 0 Å². The highest BCUT2D eigenvalue weighted by Crippen LogP contribution is 2.50. The number of thiophene rings is 1. The molecule has 0 aliphatic rings. The van der Waals surface area contributed by atoms with Crippen LogP contribution in [0.4, 0.5) is 0 Å². The Morgan fingerprint density at radius 3 is 1.72 bits per heavy atom. The lowest BCUT2D eigenvalue weighted by molar-refractivity contribution is 0.670. The van der Waals surface area contributed by atoms with Gasteiger partial charge in [0.25, 0.3) is 0 Å². The van der Waals surface area contributed by atoms with Crippen molar-refractivity contribution in [2.24, 2.45) is 0 Å². The van der Waals surface area contributed by atoms with E-state index in [1.807, 2.05) is 11.3 Å². The fourth-order valence-corrected chi connectivity index (χ4v) is 10.2. The van der Waals surface area contributed by atoms with Gasteiger partial charge in [-0.1, -0.05) is 152 Å². The van der Waals surface area contributed by atoms with Crippen molar-refractivity contribution in [3.8, 4) is 33.4 Å². The maximum absolute atomic E-state index is 6.80. The van der Waals surface area contributed by atoms with Crippen LogP contribution in [0.25, 0.3) is 119 Å². The van der Waals surface area contributed by atoms with Crippen LogP contribution in [0, 0.1) is 0 Å². The number of rotatable bonds is 3. The van der Waals surface area contributed by atoms with E-state index in [0.29, 0.717) is 0 Å². The van der Waals surface area contributed by atoms with Crippen molar-refractivity contribution < 1.29 is 4.42 Å². The minimum Gasteiger partial charge on any atom is -0.455 e. The fourth-order valence-electron chi connectivity index (χ4n) is 9.08. The third-order valence-electron chi connectivity index (χ3n) is 11.4. The molecule has 0 saturated carbocycles. The monoisotopic (exact) mass is 702 g/mol. The molecule has 0 aliphatic heterocycles. The Labute approximate surface area is 314 Å². The lowest BCUT2D eigenvalue weighted by atomic mass is 9.84. The summed E-state index contributed by atoms with van der Waals surface area (Å²) in [5.41, 5.74) is 9.13. The summed E-state index contributed by atoms with van der Waals surface area (Å²) in [6.07, 6.45) is 0. The molecule has 2 heteroatoms. The average Bonchev–Trinajstić information content (AvgIpc) is 3.81. The molecule has 0 atom stereocenters. The molecule has 12 rings (SSSR count). The molecule has 0 amide bonds. The van der Waals surface area contributed by atoms with Crippen molar-refractivity contribution >= 4 is 96.5 Å². The zero-order chi connectivity index (χ0) is 35.3. The van der Waals surface area contributed by atoms with E-state index >= 15 is 0 Å². The molecule has 10 aromatic carbocycles. The van der Waals surface area contributed by atoms with E-state index in [4.69, 9.17) is 4.42 Å². The van der Waals surface area contributed by atoms with E-state index in [1.165, 1.54) is 90.9 Å². The third kappa shape index (κ3) is 4.26. The van der Waals surface area contributed by atoms with Crippen molar-refractivity contribution in [3.05, 3.63) is 182 Å². The molecule has 2 heterocycles. The summed E-state index contributed by atoms with van der Waals surface area (Å²) in [5, 5.41) is 14.9. The largest absolute Gasteiger partial charge is 0.455 e. The zero-order valence-electron chi connectivity index (χ0n) is 29.1. The molecule has 1 nitrogen and oxygen atoms in total. The summed E-state index contributed by atoms with van der Waals surface area (Å²) >= 11 is 1.87. The molecular formula is C52H30OS. The SMILES string of the molecule is c1ccc2cc(-c3c4ccccc4c(-c4cc(-c5cccc6c5oc5ccc7ccccc7c56)cc5sc6ccccc6c45)c4ccccc34)ccc2c1. The smallest absolute Gasteiger partial charge is 0.143 e. The average molecular weight is 703 g/mol. The minimum atomic E-state index is 0.917. The first-order valence-corrected chi connectivity index (χ1v) is 19.3. The first kappa shape index (κ1) is 29.8. The molecule has 2 aromatic heterocycles. The molecule has 0 saturated heterocycles. The first-order chi connectivity index (χ1) is 26.8. The second kappa shape index (κ2) is 11.4. The van der Waals surface area contributed by atoms with Crippen molar-refractivity contribution in [1.29, 1.82) is 0 Å². The molecule has 250 valence electrons. The maximum Gasteiger partial charge on any atom is 0.143 e. The van der Waals surface area contributed by atoms with E-state index in [-0.39, 0.29) is 0 Å². The van der Waals surface area contributed by atoms with Crippen molar-refractivity contribution in [1.82, 2.24) is 0 Å². The molecule has 0 radical (unpaired) electrons. The lowest BCUT2D eigenvalue weighted by Crippen LogP contribution is -1.92. The van der Waals surface area contributed by atoms with Gasteiger partial charge in [-0.2, -0.15) is 0 Å². The molecular weight excluding hydrogens is 673 g/mol. The summed E-state index contributed by atoms with van der Waals surface area (Å²) in [6, 6.07) is 66.8. The van der Waals surface area contributed by atoms with Gasteiger partial charge in [-0.25, -0.2) is 0 Å². The predicted octanol–water partition coefficient (Wildman–Crippen LogP) is 15.6. The second-order valence-corrected chi connectivity index (χ2v) is 15.4. The van der Waals surface area contributed by atoms with Crippen molar-refractivity contribution in [3.63, 3.8) is 0 Å². The van der Waals surface area contributed by atoms with Gasteiger partial charge < -0.3 is 4.42 Å². The van der Waals surface area contributed by atoms with Gasteiger partial charge in [-0.15, -0.1) is 11.3 Å². The second-order valence-electron chi connectivity index (χ2n) is 14.3. The van der Waals surface area contributed by atoms with E-state index in [2.05, 4.69) is 182 Å². The van der Waals surface area contributed by atoms with Gasteiger partial charge in [-0.05, 0) is 101 Å². The fraction of sp³-hybridized carbons (Fsp3) is 0. The van der Waals surface area contributed by atoms with Crippen LogP contribution in [0.2, 0.25) is 0 Å². The number of hydrogen-bond donors (Lipinski definition) is 0. The van der Waals surface area contributed by atoms with Gasteiger partial charge in [0.05, 0.1) is 0 Å². The quantitative estimate of drug-likeness (QED) is 0.167. The predicted molar refractivity (Wildman–Crippen MR) is 233 cm³/mol. The molecule has 0 bridgehead atoms. The van der Waals surface area contributed by atoms with Gasteiger partial charge in [0.2, 0.25) is 0 Å². The number of para-hydroxylation sites is 1. The Morgan fingerprint density at radius 2 is 0.944 bits per heavy atom. The van der Waals surface area contributed by atoms with Crippen LogP contribution in [-0.2, 0) is 0 Å². The van der Waals surface area contributed by atoms with Gasteiger partial charge in [0, 0.05) is 36.5 Å². The topological polar surface area (TPSA) is 13.1 Å². The number of furan rings is 1. The molecule has 0 fully saturated rings. The highest BCUT2D eigenvalue weighted by Gasteiger charge is 2.22. The Morgan fingerprint density at radius 1 is 0.333 bits per heavy atom. The summed E-state index contributed by atoms with van der Waals surface area (Å²) in [6.45, 7) is 0. The molecule has 12 aromatic rings. The van der Waals surface area contributed by atoms with E-state index in [1.54, 1.807) is 0 Å². The molecule has 0 spiro atoms. The van der Waals surface area contributed by atoms with Crippen LogP contribution in [0.1, 0.15) is 0 Å². The van der Waals surface area contributed by atoms with Gasteiger partial charge in [-0.3, -0.25) is 0 Å². The number of fused-ring (bicyclic) bond motifs is 11. The highest BCUT2D eigenvalue weighted by molar-refractivity contribution is 7.26. The summed E-state index contributed by atoms with van der Waals surface area (Å²) in [7, 11) is 0. The van der Waals surface area contributed by atoms with Crippen LogP contribution in [-0.4, -0.2) is 0 Å².